The molecule has 1 aromatic carbocycles. The molecule has 0 radical (unpaired) electrons. The molecule has 0 unspecified atom stereocenters. The van der Waals surface area contributed by atoms with Crippen molar-refractivity contribution in [2.24, 2.45) is 0 Å². The van der Waals surface area contributed by atoms with Crippen molar-refractivity contribution in [1.82, 2.24) is 0 Å². The van der Waals surface area contributed by atoms with Crippen molar-refractivity contribution in [3.8, 4) is 5.75 Å². The summed E-state index contributed by atoms with van der Waals surface area (Å²) in [6, 6.07) is 7.80. The maximum atomic E-state index is 5.07. The maximum absolute atomic E-state index is 5.07. The van der Waals surface area contributed by atoms with Gasteiger partial charge < -0.3 is 10.1 Å². The molecule has 2 nitrogen and oxygen atoms in total. The van der Waals surface area contributed by atoms with Crippen LogP contribution >= 0.6 is 0 Å². The lowest BCUT2D eigenvalue weighted by molar-refractivity contribution is 0.415. The van der Waals surface area contributed by atoms with Gasteiger partial charge in [0.1, 0.15) is 5.75 Å². The third-order valence-corrected chi connectivity index (χ3v) is 1.52. The lowest BCUT2D eigenvalue weighted by Gasteiger charge is -2.04. The van der Waals surface area contributed by atoms with E-state index in [2.05, 4.69) is 11.9 Å². The molecule has 0 aliphatic carbocycles. The minimum atomic E-state index is 0.771. The normalized spacial score (nSPS) is 9.08. The second kappa shape index (κ2) is 4.44. The van der Waals surface area contributed by atoms with E-state index in [1.807, 2.05) is 30.3 Å². The minimum absolute atomic E-state index is 0.771. The van der Waals surface area contributed by atoms with Gasteiger partial charge in [0.05, 0.1) is 7.11 Å². The lowest BCUT2D eigenvalue weighted by Crippen LogP contribution is -1.97. The Kier molecular flexibility index (Phi) is 3.20. The van der Waals surface area contributed by atoms with Crippen molar-refractivity contribution < 1.29 is 4.74 Å². The fourth-order valence-corrected chi connectivity index (χ4v) is 0.923. The molecule has 64 valence electrons. The molecule has 0 saturated carbocycles. The van der Waals surface area contributed by atoms with Gasteiger partial charge in [0, 0.05) is 18.3 Å². The Morgan fingerprint density at radius 3 is 3.08 bits per heavy atom. The highest BCUT2D eigenvalue weighted by Crippen LogP contribution is 2.15. The van der Waals surface area contributed by atoms with Crippen LogP contribution in [-0.2, 0) is 0 Å². The third-order valence-electron chi connectivity index (χ3n) is 1.52. The Morgan fingerprint density at radius 2 is 2.42 bits per heavy atom. The summed E-state index contributed by atoms with van der Waals surface area (Å²) in [5.41, 5.74) is 1.05. The third kappa shape index (κ3) is 2.31. The predicted octanol–water partition coefficient (Wildman–Crippen LogP) is 2.29. The van der Waals surface area contributed by atoms with Crippen molar-refractivity contribution in [2.75, 3.05) is 19.0 Å². The van der Waals surface area contributed by atoms with E-state index >= 15 is 0 Å². The summed E-state index contributed by atoms with van der Waals surface area (Å²) in [5, 5.41) is 3.17. The summed E-state index contributed by atoms with van der Waals surface area (Å²) < 4.78 is 5.07. The molecule has 0 atom stereocenters. The Labute approximate surface area is 72.9 Å². The number of hydrogen-bond donors (Lipinski definition) is 1. The Hall–Kier alpha value is -1.44. The smallest absolute Gasteiger partial charge is 0.120 e. The highest BCUT2D eigenvalue weighted by molar-refractivity contribution is 5.48. The number of nitrogens with one attached hydrogen (secondary N) is 1. The van der Waals surface area contributed by atoms with Gasteiger partial charge in [-0.3, -0.25) is 0 Å². The minimum Gasteiger partial charge on any atom is -0.497 e. The summed E-state index contributed by atoms with van der Waals surface area (Å²) in [6.45, 7) is 4.40. The molecular weight excluding hydrogens is 150 g/mol. The summed E-state index contributed by atoms with van der Waals surface area (Å²) in [7, 11) is 1.66. The topological polar surface area (TPSA) is 21.3 Å². The van der Waals surface area contributed by atoms with E-state index in [1.165, 1.54) is 0 Å². The number of rotatable bonds is 4. The molecule has 2 heteroatoms. The van der Waals surface area contributed by atoms with E-state index in [9.17, 15) is 0 Å². The first-order chi connectivity index (χ1) is 5.86. The molecule has 1 N–H and O–H groups in total. The highest BCUT2D eigenvalue weighted by atomic mass is 16.5. The molecule has 0 saturated heterocycles. The molecule has 0 spiro atoms. The van der Waals surface area contributed by atoms with E-state index in [-0.39, 0.29) is 0 Å². The first-order valence-electron chi connectivity index (χ1n) is 3.85. The molecule has 0 amide bonds. The van der Waals surface area contributed by atoms with Crippen LogP contribution in [0.1, 0.15) is 0 Å². The predicted molar refractivity (Wildman–Crippen MR) is 51.7 cm³/mol. The molecular formula is C10H13NO. The number of hydrogen-bond acceptors (Lipinski definition) is 2. The van der Waals surface area contributed by atoms with Crippen LogP contribution in [0.15, 0.2) is 36.9 Å². The second-order valence-electron chi connectivity index (χ2n) is 2.40. The van der Waals surface area contributed by atoms with Crippen LogP contribution in [0.25, 0.3) is 0 Å². The van der Waals surface area contributed by atoms with Gasteiger partial charge in [0.15, 0.2) is 0 Å². The SMILES string of the molecule is C=CCNc1cccc(OC)c1. The molecule has 0 aromatic heterocycles. The molecule has 0 bridgehead atoms. The van der Waals surface area contributed by atoms with Gasteiger partial charge in [0.25, 0.3) is 0 Å². The zero-order chi connectivity index (χ0) is 8.81. The zero-order valence-electron chi connectivity index (χ0n) is 7.21. The standard InChI is InChI=1S/C10H13NO/c1-3-7-11-9-5-4-6-10(8-9)12-2/h3-6,8,11H,1,7H2,2H3. The Morgan fingerprint density at radius 1 is 1.58 bits per heavy atom. The molecule has 0 aliphatic heterocycles. The van der Waals surface area contributed by atoms with Crippen LogP contribution in [0.5, 0.6) is 5.75 Å². The fourth-order valence-electron chi connectivity index (χ4n) is 0.923. The van der Waals surface area contributed by atoms with E-state index in [0.717, 1.165) is 18.0 Å². The van der Waals surface area contributed by atoms with Gasteiger partial charge in [-0.05, 0) is 12.1 Å². The maximum Gasteiger partial charge on any atom is 0.120 e. The number of methoxy groups -OCH3 is 1. The zero-order valence-corrected chi connectivity index (χ0v) is 7.21. The van der Waals surface area contributed by atoms with Crippen molar-refractivity contribution in [3.63, 3.8) is 0 Å². The van der Waals surface area contributed by atoms with Gasteiger partial charge in [0.2, 0.25) is 0 Å². The number of ether oxygens (including phenoxy) is 1. The molecule has 12 heavy (non-hydrogen) atoms. The number of benzene rings is 1. The fraction of sp³-hybridized carbons (Fsp3) is 0.200. The van der Waals surface area contributed by atoms with Crippen LogP contribution < -0.4 is 10.1 Å². The monoisotopic (exact) mass is 163 g/mol. The van der Waals surface area contributed by atoms with Crippen molar-refractivity contribution in [1.29, 1.82) is 0 Å². The Bertz CT molecular complexity index is 258. The second-order valence-corrected chi connectivity index (χ2v) is 2.40. The summed E-state index contributed by atoms with van der Waals surface area (Å²) in [6.07, 6.45) is 1.82. The van der Waals surface area contributed by atoms with Crippen LogP contribution in [0.2, 0.25) is 0 Å². The van der Waals surface area contributed by atoms with Gasteiger partial charge in [-0.25, -0.2) is 0 Å². The summed E-state index contributed by atoms with van der Waals surface area (Å²) >= 11 is 0. The van der Waals surface area contributed by atoms with Crippen molar-refractivity contribution >= 4 is 5.69 Å². The first kappa shape index (κ1) is 8.65. The highest BCUT2D eigenvalue weighted by Gasteiger charge is 1.91. The van der Waals surface area contributed by atoms with Gasteiger partial charge in [-0.2, -0.15) is 0 Å². The Balaban J connectivity index is 2.65. The van der Waals surface area contributed by atoms with Gasteiger partial charge >= 0.3 is 0 Å². The summed E-state index contributed by atoms with van der Waals surface area (Å²) in [5.74, 6) is 0.865. The van der Waals surface area contributed by atoms with Crippen molar-refractivity contribution in [3.05, 3.63) is 36.9 Å². The average Bonchev–Trinajstić information content (AvgIpc) is 2.15. The van der Waals surface area contributed by atoms with E-state index < -0.39 is 0 Å². The van der Waals surface area contributed by atoms with Crippen LogP contribution in [-0.4, -0.2) is 13.7 Å². The largest absolute Gasteiger partial charge is 0.497 e. The molecule has 1 rings (SSSR count). The summed E-state index contributed by atoms with van der Waals surface area (Å²) in [4.78, 5) is 0. The molecule has 0 heterocycles. The number of anilines is 1. The van der Waals surface area contributed by atoms with Crippen LogP contribution in [0.4, 0.5) is 5.69 Å². The van der Waals surface area contributed by atoms with Gasteiger partial charge in [-0.15, -0.1) is 6.58 Å². The van der Waals surface area contributed by atoms with Crippen LogP contribution in [0, 0.1) is 0 Å². The van der Waals surface area contributed by atoms with E-state index in [4.69, 9.17) is 4.74 Å². The van der Waals surface area contributed by atoms with E-state index in [0.29, 0.717) is 0 Å². The van der Waals surface area contributed by atoms with Gasteiger partial charge in [-0.1, -0.05) is 12.1 Å². The van der Waals surface area contributed by atoms with E-state index in [1.54, 1.807) is 7.11 Å². The van der Waals surface area contributed by atoms with Crippen molar-refractivity contribution in [2.45, 2.75) is 0 Å². The lowest BCUT2D eigenvalue weighted by atomic mass is 10.3. The average molecular weight is 163 g/mol. The van der Waals surface area contributed by atoms with Crippen LogP contribution in [0.3, 0.4) is 0 Å². The molecule has 1 aromatic rings. The molecule has 0 fully saturated rings. The first-order valence-corrected chi connectivity index (χ1v) is 3.85. The quantitative estimate of drug-likeness (QED) is 0.687. The molecule has 0 aliphatic rings.